The second-order valence-electron chi connectivity index (χ2n) is 5.82. The van der Waals surface area contributed by atoms with Crippen molar-refractivity contribution in [2.75, 3.05) is 11.9 Å². The number of nitrogens with two attached hydrogens (primary N) is 2. The molecule has 5 nitrogen and oxygen atoms in total. The average molecular weight is 276 g/mol. The summed E-state index contributed by atoms with van der Waals surface area (Å²) in [5, 5.41) is 0. The minimum absolute atomic E-state index is 0.308. The third kappa shape index (κ3) is 2.93. The molecular formula is C15H24N4O. The van der Waals surface area contributed by atoms with E-state index in [1.54, 1.807) is 0 Å². The molecule has 0 aliphatic heterocycles. The van der Waals surface area contributed by atoms with Gasteiger partial charge >= 0.3 is 0 Å². The van der Waals surface area contributed by atoms with Crippen molar-refractivity contribution in [3.05, 3.63) is 22.9 Å². The van der Waals surface area contributed by atoms with Crippen LogP contribution < -0.4 is 16.4 Å². The maximum Gasteiger partial charge on any atom is 0.252 e. The second kappa shape index (κ2) is 5.79. The fraction of sp³-hybridized carbons (Fsp3) is 0.600. The van der Waals surface area contributed by atoms with E-state index in [0.29, 0.717) is 23.5 Å². The highest BCUT2D eigenvalue weighted by atomic mass is 16.1. The highest BCUT2D eigenvalue weighted by molar-refractivity contribution is 5.99. The van der Waals surface area contributed by atoms with E-state index in [4.69, 9.17) is 11.5 Å². The second-order valence-corrected chi connectivity index (χ2v) is 5.82. The molecule has 1 heterocycles. The van der Waals surface area contributed by atoms with Gasteiger partial charge in [0.1, 0.15) is 5.82 Å². The van der Waals surface area contributed by atoms with E-state index in [0.717, 1.165) is 36.9 Å². The van der Waals surface area contributed by atoms with E-state index in [-0.39, 0.29) is 0 Å². The first kappa shape index (κ1) is 14.8. The van der Waals surface area contributed by atoms with E-state index >= 15 is 0 Å². The van der Waals surface area contributed by atoms with Gasteiger partial charge in [0.15, 0.2) is 0 Å². The predicted molar refractivity (Wildman–Crippen MR) is 80.9 cm³/mol. The molecule has 1 aliphatic rings. The first-order valence-electron chi connectivity index (χ1n) is 7.16. The summed E-state index contributed by atoms with van der Waals surface area (Å²) >= 11 is 0. The van der Waals surface area contributed by atoms with Crippen LogP contribution in [0.3, 0.4) is 0 Å². The Morgan fingerprint density at radius 2 is 1.90 bits per heavy atom. The molecule has 5 heteroatoms. The fourth-order valence-corrected chi connectivity index (χ4v) is 3.04. The summed E-state index contributed by atoms with van der Waals surface area (Å²) in [6.07, 6.45) is 4.10. The number of rotatable bonds is 3. The predicted octanol–water partition coefficient (Wildman–Crippen LogP) is 1.50. The number of pyridine rings is 1. The first-order chi connectivity index (χ1) is 9.40. The molecule has 1 aliphatic carbocycles. The lowest BCUT2D eigenvalue weighted by Gasteiger charge is -2.35. The molecular weight excluding hydrogens is 252 g/mol. The van der Waals surface area contributed by atoms with Crippen LogP contribution in [-0.4, -0.2) is 30.0 Å². The number of aromatic nitrogens is 1. The quantitative estimate of drug-likeness (QED) is 0.876. The Kier molecular flexibility index (Phi) is 4.28. The molecule has 1 aromatic heterocycles. The SMILES string of the molecule is Cc1cc(C)c(C(N)=O)c(N(C)C2CCC(N)CC2)n1. The van der Waals surface area contributed by atoms with E-state index in [1.165, 1.54) is 0 Å². The number of carbonyl (C=O) groups is 1. The lowest BCUT2D eigenvalue weighted by atomic mass is 9.90. The van der Waals surface area contributed by atoms with Gasteiger partial charge in [-0.25, -0.2) is 4.98 Å². The highest BCUT2D eigenvalue weighted by Gasteiger charge is 2.26. The van der Waals surface area contributed by atoms with Crippen LogP contribution in [0.25, 0.3) is 0 Å². The zero-order valence-electron chi connectivity index (χ0n) is 12.5. The summed E-state index contributed by atoms with van der Waals surface area (Å²) in [5.41, 5.74) is 13.8. The van der Waals surface area contributed by atoms with Gasteiger partial charge in [0, 0.05) is 24.8 Å². The summed E-state index contributed by atoms with van der Waals surface area (Å²) in [6, 6.07) is 2.58. The normalized spacial score (nSPS) is 22.6. The number of anilines is 1. The maximum absolute atomic E-state index is 11.7. The molecule has 0 radical (unpaired) electrons. The summed E-state index contributed by atoms with van der Waals surface area (Å²) in [6.45, 7) is 3.84. The number of nitrogens with zero attached hydrogens (tertiary/aromatic N) is 2. The zero-order valence-corrected chi connectivity index (χ0v) is 12.5. The van der Waals surface area contributed by atoms with Crippen LogP contribution in [0.5, 0.6) is 0 Å². The van der Waals surface area contributed by atoms with Crippen molar-refractivity contribution < 1.29 is 4.79 Å². The first-order valence-corrected chi connectivity index (χ1v) is 7.16. The fourth-order valence-electron chi connectivity index (χ4n) is 3.04. The third-order valence-corrected chi connectivity index (χ3v) is 4.20. The van der Waals surface area contributed by atoms with Crippen molar-refractivity contribution in [2.45, 2.75) is 51.6 Å². The van der Waals surface area contributed by atoms with Crippen molar-refractivity contribution in [2.24, 2.45) is 11.5 Å². The molecule has 110 valence electrons. The van der Waals surface area contributed by atoms with Gasteiger partial charge in [-0.3, -0.25) is 4.79 Å². The summed E-state index contributed by atoms with van der Waals surface area (Å²) < 4.78 is 0. The number of hydrogen-bond donors (Lipinski definition) is 2. The van der Waals surface area contributed by atoms with Gasteiger partial charge in [0.25, 0.3) is 5.91 Å². The van der Waals surface area contributed by atoms with Crippen LogP contribution in [0.2, 0.25) is 0 Å². The summed E-state index contributed by atoms with van der Waals surface area (Å²) in [7, 11) is 2.00. The molecule has 1 amide bonds. The molecule has 2 rings (SSSR count). The van der Waals surface area contributed by atoms with E-state index in [1.807, 2.05) is 27.0 Å². The van der Waals surface area contributed by atoms with E-state index in [9.17, 15) is 4.79 Å². The van der Waals surface area contributed by atoms with Crippen LogP contribution in [-0.2, 0) is 0 Å². The maximum atomic E-state index is 11.7. The molecule has 0 saturated heterocycles. The minimum Gasteiger partial charge on any atom is -0.365 e. The largest absolute Gasteiger partial charge is 0.365 e. The van der Waals surface area contributed by atoms with Crippen LogP contribution in [0.1, 0.15) is 47.3 Å². The van der Waals surface area contributed by atoms with Crippen LogP contribution in [0, 0.1) is 13.8 Å². The van der Waals surface area contributed by atoms with Crippen LogP contribution in [0.15, 0.2) is 6.07 Å². The monoisotopic (exact) mass is 276 g/mol. The number of aryl methyl sites for hydroxylation is 2. The lowest BCUT2D eigenvalue weighted by Crippen LogP contribution is -2.40. The van der Waals surface area contributed by atoms with Crippen LogP contribution >= 0.6 is 0 Å². The van der Waals surface area contributed by atoms with Gasteiger partial charge in [-0.15, -0.1) is 0 Å². The van der Waals surface area contributed by atoms with Crippen molar-refractivity contribution in [1.29, 1.82) is 0 Å². The van der Waals surface area contributed by atoms with Gasteiger partial charge in [0.05, 0.1) is 5.56 Å². The number of amides is 1. The standard InChI is InChI=1S/C15H24N4O/c1-9-8-10(2)18-15(13(9)14(17)20)19(3)12-6-4-11(16)5-7-12/h8,11-12H,4-7,16H2,1-3H3,(H2,17,20). The van der Waals surface area contributed by atoms with E-state index in [2.05, 4.69) is 9.88 Å². The molecule has 1 aromatic rings. The van der Waals surface area contributed by atoms with Gasteiger partial charge in [0.2, 0.25) is 0 Å². The molecule has 0 bridgehead atoms. The van der Waals surface area contributed by atoms with Crippen molar-refractivity contribution in [3.63, 3.8) is 0 Å². The van der Waals surface area contributed by atoms with Gasteiger partial charge in [-0.1, -0.05) is 0 Å². The average Bonchev–Trinajstić information content (AvgIpc) is 2.37. The summed E-state index contributed by atoms with van der Waals surface area (Å²) in [4.78, 5) is 18.4. The molecule has 1 fully saturated rings. The third-order valence-electron chi connectivity index (χ3n) is 4.20. The van der Waals surface area contributed by atoms with Crippen molar-refractivity contribution >= 4 is 11.7 Å². The molecule has 0 unspecified atom stereocenters. The van der Waals surface area contributed by atoms with Crippen molar-refractivity contribution in [3.8, 4) is 0 Å². The molecule has 4 N–H and O–H groups in total. The Morgan fingerprint density at radius 3 is 2.45 bits per heavy atom. The van der Waals surface area contributed by atoms with E-state index < -0.39 is 5.91 Å². The molecule has 20 heavy (non-hydrogen) atoms. The molecule has 0 spiro atoms. The number of primary amides is 1. The Hall–Kier alpha value is -1.62. The Bertz CT molecular complexity index is 507. The minimum atomic E-state index is -0.413. The van der Waals surface area contributed by atoms with Gasteiger partial charge in [-0.05, 0) is 51.2 Å². The number of carbonyl (C=O) groups excluding carboxylic acids is 1. The Balaban J connectivity index is 2.33. The van der Waals surface area contributed by atoms with Crippen molar-refractivity contribution in [1.82, 2.24) is 4.98 Å². The van der Waals surface area contributed by atoms with Gasteiger partial charge in [-0.2, -0.15) is 0 Å². The molecule has 1 saturated carbocycles. The smallest absolute Gasteiger partial charge is 0.252 e. The topological polar surface area (TPSA) is 85.2 Å². The highest BCUT2D eigenvalue weighted by Crippen LogP contribution is 2.28. The van der Waals surface area contributed by atoms with Crippen LogP contribution in [0.4, 0.5) is 5.82 Å². The summed E-state index contributed by atoms with van der Waals surface area (Å²) in [5.74, 6) is 0.292. The molecule has 0 atom stereocenters. The molecule has 0 aromatic carbocycles. The number of hydrogen-bond acceptors (Lipinski definition) is 4. The zero-order chi connectivity index (χ0) is 14.9. The Morgan fingerprint density at radius 1 is 1.30 bits per heavy atom. The van der Waals surface area contributed by atoms with Gasteiger partial charge < -0.3 is 16.4 Å². The lowest BCUT2D eigenvalue weighted by molar-refractivity contribution is 0.0999. The Labute approximate surface area is 120 Å².